The van der Waals surface area contributed by atoms with Crippen LogP contribution in [0.5, 0.6) is 5.75 Å². The second-order valence-electron chi connectivity index (χ2n) is 6.87. The Morgan fingerprint density at radius 1 is 1.23 bits per heavy atom. The fourth-order valence-corrected chi connectivity index (χ4v) is 3.53. The van der Waals surface area contributed by atoms with E-state index in [-0.39, 0.29) is 5.75 Å². The number of halogens is 1. The topological polar surface area (TPSA) is 26.7 Å². The molecule has 0 unspecified atom stereocenters. The largest absolute Gasteiger partial charge is 0.506 e. The Labute approximate surface area is 138 Å². The highest BCUT2D eigenvalue weighted by molar-refractivity contribution is 6.32. The van der Waals surface area contributed by atoms with E-state index >= 15 is 0 Å². The molecule has 22 heavy (non-hydrogen) atoms. The van der Waals surface area contributed by atoms with Gasteiger partial charge in [-0.25, -0.2) is 0 Å². The minimum absolute atomic E-state index is 0.174. The van der Waals surface area contributed by atoms with Crippen LogP contribution < -0.4 is 0 Å². The number of phenolic OH excluding ortho intramolecular Hbond substituents is 1. The van der Waals surface area contributed by atoms with E-state index in [1.165, 1.54) is 63.8 Å². The van der Waals surface area contributed by atoms with Crippen LogP contribution in [0.1, 0.15) is 37.7 Å². The van der Waals surface area contributed by atoms with Gasteiger partial charge in [-0.15, -0.1) is 0 Å². The van der Waals surface area contributed by atoms with Crippen molar-refractivity contribution < 1.29 is 5.11 Å². The summed E-state index contributed by atoms with van der Waals surface area (Å²) in [6, 6.07) is 5.59. The number of phenols is 1. The van der Waals surface area contributed by atoms with Crippen LogP contribution >= 0.6 is 11.6 Å². The van der Waals surface area contributed by atoms with Gasteiger partial charge in [-0.3, -0.25) is 4.90 Å². The van der Waals surface area contributed by atoms with Crippen LogP contribution in [0.3, 0.4) is 0 Å². The molecule has 0 aromatic heterocycles. The summed E-state index contributed by atoms with van der Waals surface area (Å²) in [6.45, 7) is 7.12. The molecule has 0 spiro atoms. The zero-order valence-corrected chi connectivity index (χ0v) is 14.1. The van der Waals surface area contributed by atoms with Crippen molar-refractivity contribution in [3.05, 3.63) is 28.8 Å². The summed E-state index contributed by atoms with van der Waals surface area (Å²) in [5.74, 6) is 1.08. The molecule has 0 bridgehead atoms. The molecule has 0 amide bonds. The van der Waals surface area contributed by atoms with E-state index in [4.69, 9.17) is 11.6 Å². The fourth-order valence-electron chi connectivity index (χ4n) is 3.33. The molecule has 1 aromatic carbocycles. The first-order chi connectivity index (χ1) is 10.7. The molecule has 1 saturated heterocycles. The van der Waals surface area contributed by atoms with Gasteiger partial charge in [0.1, 0.15) is 5.75 Å². The molecule has 1 aliphatic carbocycles. The first kappa shape index (κ1) is 16.1. The van der Waals surface area contributed by atoms with Gasteiger partial charge in [0.05, 0.1) is 5.02 Å². The van der Waals surface area contributed by atoms with Crippen molar-refractivity contribution in [2.24, 2.45) is 5.92 Å². The van der Waals surface area contributed by atoms with Crippen LogP contribution in [0.15, 0.2) is 18.2 Å². The van der Waals surface area contributed by atoms with E-state index in [1.807, 2.05) is 12.1 Å². The Balaban J connectivity index is 1.50. The lowest BCUT2D eigenvalue weighted by Gasteiger charge is -2.24. The molecule has 1 N–H and O–H groups in total. The zero-order chi connectivity index (χ0) is 15.4. The third kappa shape index (κ3) is 4.87. The van der Waals surface area contributed by atoms with E-state index in [2.05, 4.69) is 9.80 Å². The van der Waals surface area contributed by atoms with E-state index in [0.29, 0.717) is 5.02 Å². The first-order valence-electron chi connectivity index (χ1n) is 8.63. The van der Waals surface area contributed by atoms with Gasteiger partial charge in [0.2, 0.25) is 0 Å². The molecule has 1 aliphatic heterocycles. The Hall–Kier alpha value is -0.770. The van der Waals surface area contributed by atoms with Crippen molar-refractivity contribution in [2.45, 2.75) is 38.6 Å². The smallest absolute Gasteiger partial charge is 0.134 e. The molecule has 1 saturated carbocycles. The highest BCUT2D eigenvalue weighted by atomic mass is 35.5. The lowest BCUT2D eigenvalue weighted by molar-refractivity contribution is 0.230. The van der Waals surface area contributed by atoms with Crippen molar-refractivity contribution in [3.63, 3.8) is 0 Å². The zero-order valence-electron chi connectivity index (χ0n) is 13.3. The molecular formula is C18H27ClN2O. The highest BCUT2D eigenvalue weighted by Gasteiger charge is 2.24. The first-order valence-corrected chi connectivity index (χ1v) is 9.00. The maximum Gasteiger partial charge on any atom is 0.134 e. The molecule has 2 fully saturated rings. The summed E-state index contributed by atoms with van der Waals surface area (Å²) in [5, 5.41) is 10.0. The van der Waals surface area contributed by atoms with E-state index in [9.17, 15) is 5.11 Å². The van der Waals surface area contributed by atoms with E-state index < -0.39 is 0 Å². The predicted octanol–water partition coefficient (Wildman–Crippen LogP) is 3.74. The number of likely N-dealkylation sites (tertiary alicyclic amines) is 1. The number of aromatic hydroxyl groups is 1. The van der Waals surface area contributed by atoms with Gasteiger partial charge in [-0.05, 0) is 81.9 Å². The van der Waals surface area contributed by atoms with Gasteiger partial charge < -0.3 is 10.0 Å². The Morgan fingerprint density at radius 2 is 2.00 bits per heavy atom. The van der Waals surface area contributed by atoms with Crippen LogP contribution in [0.4, 0.5) is 0 Å². The third-order valence-electron chi connectivity index (χ3n) is 4.78. The second-order valence-corrected chi connectivity index (χ2v) is 7.27. The van der Waals surface area contributed by atoms with Gasteiger partial charge in [-0.1, -0.05) is 17.7 Å². The van der Waals surface area contributed by atoms with Gasteiger partial charge in [0.25, 0.3) is 0 Å². The third-order valence-corrected chi connectivity index (χ3v) is 5.08. The summed E-state index contributed by atoms with van der Waals surface area (Å²) < 4.78 is 0. The van der Waals surface area contributed by atoms with Crippen molar-refractivity contribution in [1.29, 1.82) is 0 Å². The second kappa shape index (κ2) is 7.67. The number of nitrogens with zero attached hydrogens (tertiary/aromatic N) is 2. The summed E-state index contributed by atoms with van der Waals surface area (Å²) in [6.07, 6.45) is 6.77. The normalized spacial score (nSPS) is 19.2. The minimum Gasteiger partial charge on any atom is -0.506 e. The van der Waals surface area contributed by atoms with Crippen LogP contribution in [0, 0.1) is 5.92 Å². The average molecular weight is 323 g/mol. The molecular weight excluding hydrogens is 296 g/mol. The lowest BCUT2D eigenvalue weighted by Crippen LogP contribution is -2.30. The maximum absolute atomic E-state index is 9.54. The van der Waals surface area contributed by atoms with Crippen molar-refractivity contribution in [1.82, 2.24) is 9.80 Å². The van der Waals surface area contributed by atoms with E-state index in [1.54, 1.807) is 6.07 Å². The van der Waals surface area contributed by atoms with Gasteiger partial charge in [0, 0.05) is 13.1 Å². The minimum atomic E-state index is 0.174. The Kier molecular flexibility index (Phi) is 5.61. The number of rotatable bonds is 8. The molecule has 122 valence electrons. The number of hydrogen-bond acceptors (Lipinski definition) is 3. The number of hydrogen-bond donors (Lipinski definition) is 1. The summed E-state index contributed by atoms with van der Waals surface area (Å²) in [5.41, 5.74) is 1.20. The summed E-state index contributed by atoms with van der Waals surface area (Å²) >= 11 is 6.03. The van der Waals surface area contributed by atoms with Gasteiger partial charge in [0.15, 0.2) is 0 Å². The van der Waals surface area contributed by atoms with Gasteiger partial charge >= 0.3 is 0 Å². The standard InChI is InChI=1S/C18H27ClN2O/c19-17-12-16(6-7-18(17)22)14-21(13-15-4-5-15)11-3-10-20-8-1-2-9-20/h6-7,12,15,22H,1-5,8-11,13-14H2. The lowest BCUT2D eigenvalue weighted by atomic mass is 10.2. The van der Waals surface area contributed by atoms with Crippen LogP contribution in [-0.2, 0) is 6.54 Å². The van der Waals surface area contributed by atoms with Crippen LogP contribution in [0.25, 0.3) is 0 Å². The van der Waals surface area contributed by atoms with Crippen molar-refractivity contribution in [3.8, 4) is 5.75 Å². The molecule has 1 aromatic rings. The molecule has 2 aliphatic rings. The molecule has 3 nitrogen and oxygen atoms in total. The summed E-state index contributed by atoms with van der Waals surface area (Å²) in [7, 11) is 0. The van der Waals surface area contributed by atoms with Crippen LogP contribution in [-0.4, -0.2) is 47.6 Å². The van der Waals surface area contributed by atoms with Crippen molar-refractivity contribution >= 4 is 11.6 Å². The van der Waals surface area contributed by atoms with Crippen molar-refractivity contribution in [2.75, 3.05) is 32.7 Å². The quantitative estimate of drug-likeness (QED) is 0.789. The molecule has 0 radical (unpaired) electrons. The molecule has 1 heterocycles. The van der Waals surface area contributed by atoms with Gasteiger partial charge in [-0.2, -0.15) is 0 Å². The maximum atomic E-state index is 9.54. The average Bonchev–Trinajstić information content (AvgIpc) is 3.15. The SMILES string of the molecule is Oc1ccc(CN(CCCN2CCCC2)CC2CC2)cc1Cl. The molecule has 3 rings (SSSR count). The predicted molar refractivity (Wildman–Crippen MR) is 91.4 cm³/mol. The Bertz CT molecular complexity index is 484. The highest BCUT2D eigenvalue weighted by Crippen LogP contribution is 2.31. The molecule has 0 atom stereocenters. The van der Waals surface area contributed by atoms with Crippen LogP contribution in [0.2, 0.25) is 5.02 Å². The molecule has 4 heteroatoms. The summed E-state index contributed by atoms with van der Waals surface area (Å²) in [4.78, 5) is 5.16. The fraction of sp³-hybridized carbons (Fsp3) is 0.667. The van der Waals surface area contributed by atoms with E-state index in [0.717, 1.165) is 19.0 Å². The number of benzene rings is 1. The Morgan fingerprint density at radius 3 is 2.68 bits per heavy atom. The monoisotopic (exact) mass is 322 g/mol.